The van der Waals surface area contributed by atoms with Crippen LogP contribution in [0.4, 0.5) is 5.82 Å². The van der Waals surface area contributed by atoms with Crippen LogP contribution in [0.15, 0.2) is 18.3 Å². The molecule has 0 aromatic carbocycles. The van der Waals surface area contributed by atoms with Crippen LogP contribution in [-0.4, -0.2) is 31.7 Å². The predicted molar refractivity (Wildman–Crippen MR) is 91.8 cm³/mol. The highest BCUT2D eigenvalue weighted by Gasteiger charge is 2.26. The Bertz CT molecular complexity index is 724. The number of pyridine rings is 1. The van der Waals surface area contributed by atoms with Crippen molar-refractivity contribution in [2.24, 2.45) is 0 Å². The second-order valence-corrected chi connectivity index (χ2v) is 6.33. The van der Waals surface area contributed by atoms with Crippen molar-refractivity contribution in [3.05, 3.63) is 35.5 Å². The lowest BCUT2D eigenvalue weighted by atomic mass is 10.1. The number of amides is 1. The molecule has 7 heteroatoms. The normalized spacial score (nSPS) is 16.8. The molecule has 0 spiro atoms. The topological polar surface area (TPSA) is 84.7 Å². The number of rotatable bonds is 5. The molecule has 0 saturated heterocycles. The summed E-state index contributed by atoms with van der Waals surface area (Å²) in [5.41, 5.74) is 0.554. The van der Waals surface area contributed by atoms with Crippen molar-refractivity contribution in [1.82, 2.24) is 25.1 Å². The fourth-order valence-electron chi connectivity index (χ4n) is 2.90. The molecule has 0 saturated carbocycles. The number of aryl methyl sites for hydroxylation is 2. The molecule has 1 atom stereocenters. The number of carbonyl (C=O) groups is 1. The molecule has 1 aliphatic rings. The van der Waals surface area contributed by atoms with Crippen LogP contribution in [0, 0.1) is 0 Å². The van der Waals surface area contributed by atoms with Gasteiger partial charge < -0.3 is 10.6 Å². The standard InChI is InChI=1S/C17H24N6O/c1-4-14-21-16-13(8-6-10-23(16)22-14)20-17(24)12-7-5-9-18-15(12)19-11(2)3/h5,7,9,11,13H,4,6,8,10H2,1-3H3,(H,18,19)(H,20,24)/t13-/m1/s1. The fraction of sp³-hybridized carbons (Fsp3) is 0.529. The molecule has 0 fully saturated rings. The average molecular weight is 328 g/mol. The van der Waals surface area contributed by atoms with E-state index in [1.165, 1.54) is 0 Å². The van der Waals surface area contributed by atoms with Crippen molar-refractivity contribution in [2.75, 3.05) is 5.32 Å². The monoisotopic (exact) mass is 328 g/mol. The quantitative estimate of drug-likeness (QED) is 0.880. The van der Waals surface area contributed by atoms with Crippen LogP contribution in [-0.2, 0) is 13.0 Å². The molecule has 0 bridgehead atoms. The summed E-state index contributed by atoms with van der Waals surface area (Å²) >= 11 is 0. The molecule has 2 aromatic rings. The summed E-state index contributed by atoms with van der Waals surface area (Å²) in [7, 11) is 0. The predicted octanol–water partition coefficient (Wildman–Crippen LogP) is 2.32. The van der Waals surface area contributed by atoms with Crippen LogP contribution in [0.25, 0.3) is 0 Å². The summed E-state index contributed by atoms with van der Waals surface area (Å²) in [6.07, 6.45) is 4.34. The average Bonchev–Trinajstić information content (AvgIpc) is 2.99. The van der Waals surface area contributed by atoms with Gasteiger partial charge >= 0.3 is 0 Å². The number of aromatic nitrogens is 4. The van der Waals surface area contributed by atoms with Crippen molar-refractivity contribution in [1.29, 1.82) is 0 Å². The first-order valence-corrected chi connectivity index (χ1v) is 8.54. The van der Waals surface area contributed by atoms with Gasteiger partial charge in [-0.25, -0.2) is 14.6 Å². The molecule has 128 valence electrons. The Labute approximate surface area is 141 Å². The molecule has 3 heterocycles. The Kier molecular flexibility index (Phi) is 4.78. The molecule has 1 amide bonds. The lowest BCUT2D eigenvalue weighted by molar-refractivity contribution is 0.0928. The molecular formula is C17H24N6O. The van der Waals surface area contributed by atoms with E-state index in [9.17, 15) is 4.79 Å². The van der Waals surface area contributed by atoms with E-state index < -0.39 is 0 Å². The summed E-state index contributed by atoms with van der Waals surface area (Å²) in [6, 6.07) is 3.67. The van der Waals surface area contributed by atoms with Crippen molar-refractivity contribution >= 4 is 11.7 Å². The van der Waals surface area contributed by atoms with E-state index >= 15 is 0 Å². The minimum absolute atomic E-state index is 0.105. The zero-order valence-electron chi connectivity index (χ0n) is 14.4. The smallest absolute Gasteiger partial charge is 0.255 e. The molecule has 2 aromatic heterocycles. The number of hydrogen-bond donors (Lipinski definition) is 2. The first-order valence-electron chi connectivity index (χ1n) is 8.54. The van der Waals surface area contributed by atoms with Crippen molar-refractivity contribution in [3.63, 3.8) is 0 Å². The molecule has 0 unspecified atom stereocenters. The number of hydrogen-bond acceptors (Lipinski definition) is 5. The van der Waals surface area contributed by atoms with Crippen LogP contribution in [0.3, 0.4) is 0 Å². The largest absolute Gasteiger partial charge is 0.367 e. The van der Waals surface area contributed by atoms with Crippen molar-refractivity contribution in [3.8, 4) is 0 Å². The maximum atomic E-state index is 12.8. The summed E-state index contributed by atoms with van der Waals surface area (Å²) in [4.78, 5) is 21.6. The highest BCUT2D eigenvalue weighted by Crippen LogP contribution is 2.24. The number of nitrogens with zero attached hydrogens (tertiary/aromatic N) is 4. The van der Waals surface area contributed by atoms with Gasteiger partial charge in [-0.15, -0.1) is 0 Å². The summed E-state index contributed by atoms with van der Waals surface area (Å²) < 4.78 is 1.92. The van der Waals surface area contributed by atoms with Crippen molar-refractivity contribution in [2.45, 2.75) is 58.7 Å². The molecular weight excluding hydrogens is 304 g/mol. The van der Waals surface area contributed by atoms with E-state index in [-0.39, 0.29) is 18.0 Å². The van der Waals surface area contributed by atoms with Gasteiger partial charge in [0.15, 0.2) is 5.82 Å². The van der Waals surface area contributed by atoms with Crippen molar-refractivity contribution < 1.29 is 4.79 Å². The molecule has 1 aliphatic heterocycles. The van der Waals surface area contributed by atoms with Crippen LogP contribution < -0.4 is 10.6 Å². The second-order valence-electron chi connectivity index (χ2n) is 6.33. The summed E-state index contributed by atoms with van der Waals surface area (Å²) in [6.45, 7) is 6.94. The van der Waals surface area contributed by atoms with E-state index in [0.717, 1.165) is 37.5 Å². The Morgan fingerprint density at radius 3 is 3.04 bits per heavy atom. The minimum atomic E-state index is -0.134. The third kappa shape index (κ3) is 3.39. The first-order chi connectivity index (χ1) is 11.6. The van der Waals surface area contributed by atoms with E-state index in [1.807, 2.05) is 25.5 Å². The zero-order valence-corrected chi connectivity index (χ0v) is 14.4. The Balaban J connectivity index is 1.80. The molecule has 3 rings (SSSR count). The van der Waals surface area contributed by atoms with Crippen LogP contribution in [0.2, 0.25) is 0 Å². The fourth-order valence-corrected chi connectivity index (χ4v) is 2.90. The molecule has 2 N–H and O–H groups in total. The van der Waals surface area contributed by atoms with E-state index in [2.05, 4.69) is 25.7 Å². The summed E-state index contributed by atoms with van der Waals surface area (Å²) in [5, 5.41) is 10.8. The first kappa shape index (κ1) is 16.4. The Morgan fingerprint density at radius 2 is 2.29 bits per heavy atom. The number of nitrogens with one attached hydrogen (secondary N) is 2. The zero-order chi connectivity index (χ0) is 17.1. The Hall–Kier alpha value is -2.44. The number of anilines is 1. The maximum absolute atomic E-state index is 12.8. The summed E-state index contributed by atoms with van der Waals surface area (Å²) in [5.74, 6) is 2.16. The lowest BCUT2D eigenvalue weighted by Gasteiger charge is -2.23. The SMILES string of the molecule is CCc1nc2n(n1)CCC[C@H]2NC(=O)c1cccnc1NC(C)C. The third-order valence-electron chi connectivity index (χ3n) is 4.02. The van der Waals surface area contributed by atoms with Gasteiger partial charge in [0.05, 0.1) is 11.6 Å². The van der Waals surface area contributed by atoms with Gasteiger partial charge in [0, 0.05) is 25.2 Å². The van der Waals surface area contributed by atoms with Gasteiger partial charge in [-0.3, -0.25) is 4.79 Å². The van der Waals surface area contributed by atoms with Gasteiger partial charge in [-0.2, -0.15) is 5.10 Å². The number of carbonyl (C=O) groups excluding carboxylic acids is 1. The maximum Gasteiger partial charge on any atom is 0.255 e. The second kappa shape index (κ2) is 6.98. The van der Waals surface area contributed by atoms with E-state index in [0.29, 0.717) is 11.4 Å². The van der Waals surface area contributed by atoms with Crippen LogP contribution in [0.1, 0.15) is 61.7 Å². The molecule has 0 aliphatic carbocycles. The lowest BCUT2D eigenvalue weighted by Crippen LogP contribution is -2.34. The Morgan fingerprint density at radius 1 is 1.46 bits per heavy atom. The molecule has 0 radical (unpaired) electrons. The number of fused-ring (bicyclic) bond motifs is 1. The highest BCUT2D eigenvalue weighted by atomic mass is 16.1. The van der Waals surface area contributed by atoms with Crippen LogP contribution >= 0.6 is 0 Å². The van der Waals surface area contributed by atoms with Gasteiger partial charge in [-0.1, -0.05) is 6.92 Å². The highest BCUT2D eigenvalue weighted by molar-refractivity contribution is 5.98. The van der Waals surface area contributed by atoms with Gasteiger partial charge in [-0.05, 0) is 38.8 Å². The molecule has 7 nitrogen and oxygen atoms in total. The van der Waals surface area contributed by atoms with E-state index in [4.69, 9.17) is 0 Å². The van der Waals surface area contributed by atoms with Gasteiger partial charge in [0.2, 0.25) is 0 Å². The van der Waals surface area contributed by atoms with Crippen LogP contribution in [0.5, 0.6) is 0 Å². The third-order valence-corrected chi connectivity index (χ3v) is 4.02. The van der Waals surface area contributed by atoms with E-state index in [1.54, 1.807) is 18.3 Å². The minimum Gasteiger partial charge on any atom is -0.367 e. The van der Waals surface area contributed by atoms with Gasteiger partial charge in [0.25, 0.3) is 5.91 Å². The molecule has 24 heavy (non-hydrogen) atoms. The van der Waals surface area contributed by atoms with Gasteiger partial charge in [0.1, 0.15) is 11.6 Å².